The molecule has 0 aliphatic carbocycles. The summed E-state index contributed by atoms with van der Waals surface area (Å²) in [7, 11) is 0. The Labute approximate surface area is 125 Å². The van der Waals surface area contributed by atoms with Crippen molar-refractivity contribution < 1.29 is 9.59 Å². The number of carbonyl (C=O) groups excluding carboxylic acids is 2. The lowest BCUT2D eigenvalue weighted by Crippen LogP contribution is -2.21. The van der Waals surface area contributed by atoms with Gasteiger partial charge in [0, 0.05) is 6.20 Å². The summed E-state index contributed by atoms with van der Waals surface area (Å²) in [5.74, 6) is -0.869. The van der Waals surface area contributed by atoms with Gasteiger partial charge in [-0.1, -0.05) is 5.21 Å². The molecule has 112 valence electrons. The van der Waals surface area contributed by atoms with Gasteiger partial charge in [-0.2, -0.15) is 0 Å². The first-order valence-electron chi connectivity index (χ1n) is 6.36. The number of nitrogens with two attached hydrogens (primary N) is 2. The first-order valence-corrected chi connectivity index (χ1v) is 7.24. The lowest BCUT2D eigenvalue weighted by atomic mass is 10.2. The van der Waals surface area contributed by atoms with Crippen molar-refractivity contribution in [3.63, 3.8) is 0 Å². The molecule has 0 aliphatic heterocycles. The van der Waals surface area contributed by atoms with E-state index in [0.717, 1.165) is 18.5 Å². The molecule has 0 spiro atoms. The highest BCUT2D eigenvalue weighted by atomic mass is 32.1. The maximum absolute atomic E-state index is 11.9. The molecular formula is C12H16N6O2S. The number of carbonyl (C=O) groups is 2. The van der Waals surface area contributed by atoms with Crippen LogP contribution in [-0.4, -0.2) is 33.4 Å². The van der Waals surface area contributed by atoms with Crippen LogP contribution in [0.3, 0.4) is 0 Å². The van der Waals surface area contributed by atoms with E-state index < -0.39 is 5.91 Å². The van der Waals surface area contributed by atoms with E-state index in [4.69, 9.17) is 11.5 Å². The summed E-state index contributed by atoms with van der Waals surface area (Å²) in [4.78, 5) is 23.1. The number of nitrogens with one attached hydrogen (secondary N) is 1. The van der Waals surface area contributed by atoms with E-state index in [1.807, 2.05) is 0 Å². The van der Waals surface area contributed by atoms with Crippen molar-refractivity contribution in [2.45, 2.75) is 19.4 Å². The fraction of sp³-hybridized carbons (Fsp3) is 0.333. The Morgan fingerprint density at radius 3 is 2.95 bits per heavy atom. The third kappa shape index (κ3) is 4.10. The van der Waals surface area contributed by atoms with Crippen LogP contribution in [0.25, 0.3) is 0 Å². The average molecular weight is 308 g/mol. The van der Waals surface area contributed by atoms with Crippen molar-refractivity contribution in [3.05, 3.63) is 28.9 Å². The van der Waals surface area contributed by atoms with Crippen molar-refractivity contribution in [1.29, 1.82) is 0 Å². The minimum atomic E-state index is -0.573. The second kappa shape index (κ2) is 6.95. The number of aromatic nitrogens is 3. The maximum Gasteiger partial charge on any atom is 0.251 e. The minimum absolute atomic E-state index is 0.0196. The molecule has 0 bridgehead atoms. The van der Waals surface area contributed by atoms with E-state index in [1.54, 1.807) is 17.6 Å². The summed E-state index contributed by atoms with van der Waals surface area (Å²) in [5.41, 5.74) is 11.7. The van der Waals surface area contributed by atoms with Gasteiger partial charge in [-0.25, -0.2) is 4.68 Å². The monoisotopic (exact) mass is 308 g/mol. The molecule has 0 aromatic carbocycles. The summed E-state index contributed by atoms with van der Waals surface area (Å²) < 4.78 is 1.44. The highest BCUT2D eigenvalue weighted by Crippen LogP contribution is 2.22. The van der Waals surface area contributed by atoms with Crippen LogP contribution in [0.4, 0.5) is 5.00 Å². The minimum Gasteiger partial charge on any atom is -0.366 e. The topological polar surface area (TPSA) is 129 Å². The van der Waals surface area contributed by atoms with Gasteiger partial charge in [0.15, 0.2) is 0 Å². The zero-order chi connectivity index (χ0) is 15.2. The summed E-state index contributed by atoms with van der Waals surface area (Å²) in [6.07, 6.45) is 3.26. The molecule has 0 unspecified atom stereocenters. The Morgan fingerprint density at radius 1 is 1.43 bits per heavy atom. The molecule has 2 rings (SSSR count). The first-order chi connectivity index (χ1) is 10.1. The Hall–Kier alpha value is -2.26. The highest BCUT2D eigenvalue weighted by Gasteiger charge is 2.13. The summed E-state index contributed by atoms with van der Waals surface area (Å²) >= 11 is 1.24. The van der Waals surface area contributed by atoms with E-state index >= 15 is 0 Å². The van der Waals surface area contributed by atoms with Gasteiger partial charge < -0.3 is 16.8 Å². The average Bonchev–Trinajstić information content (AvgIpc) is 3.05. The lowest BCUT2D eigenvalue weighted by Gasteiger charge is -2.04. The van der Waals surface area contributed by atoms with Crippen molar-refractivity contribution >= 4 is 28.2 Å². The molecule has 2 heterocycles. The normalized spacial score (nSPS) is 10.5. The van der Waals surface area contributed by atoms with E-state index in [2.05, 4.69) is 15.6 Å². The van der Waals surface area contributed by atoms with Crippen LogP contribution in [0.15, 0.2) is 17.6 Å². The number of aryl methyl sites for hydroxylation is 1. The molecule has 9 heteroatoms. The maximum atomic E-state index is 11.9. The Bertz CT molecular complexity index is 635. The zero-order valence-electron chi connectivity index (χ0n) is 11.3. The quantitative estimate of drug-likeness (QED) is 0.661. The van der Waals surface area contributed by atoms with Gasteiger partial charge in [0.1, 0.15) is 11.5 Å². The molecule has 0 atom stereocenters. The van der Waals surface area contributed by atoms with Crippen molar-refractivity contribution in [1.82, 2.24) is 15.0 Å². The number of anilines is 1. The Morgan fingerprint density at radius 2 is 2.24 bits per heavy atom. The predicted molar refractivity (Wildman–Crippen MR) is 78.9 cm³/mol. The number of nitrogens with zero attached hydrogens (tertiary/aromatic N) is 3. The van der Waals surface area contributed by atoms with Crippen LogP contribution in [0.2, 0.25) is 0 Å². The molecule has 2 amide bonds. The fourth-order valence-corrected chi connectivity index (χ4v) is 2.54. The number of thiophene rings is 1. The van der Waals surface area contributed by atoms with Crippen LogP contribution in [0, 0.1) is 0 Å². The Balaban J connectivity index is 1.93. The third-order valence-corrected chi connectivity index (χ3v) is 3.54. The molecule has 0 radical (unpaired) electrons. The van der Waals surface area contributed by atoms with E-state index in [-0.39, 0.29) is 12.5 Å². The van der Waals surface area contributed by atoms with Gasteiger partial charge >= 0.3 is 0 Å². The second-order valence-corrected chi connectivity index (χ2v) is 5.29. The number of amides is 2. The molecule has 0 saturated carbocycles. The Kier molecular flexibility index (Phi) is 5.01. The molecule has 8 nitrogen and oxygen atoms in total. The molecule has 2 aromatic rings. The van der Waals surface area contributed by atoms with E-state index in [0.29, 0.717) is 17.1 Å². The van der Waals surface area contributed by atoms with Crippen LogP contribution in [0.5, 0.6) is 0 Å². The van der Waals surface area contributed by atoms with Gasteiger partial charge in [0.25, 0.3) is 5.91 Å². The largest absolute Gasteiger partial charge is 0.366 e. The standard InChI is InChI=1S/C12H16N6O2S/c13-4-1-2-8-6-18(17-16-8)7-10(19)15-12-9(11(14)20)3-5-21-12/h3,5-6H,1-2,4,7,13H2,(H2,14,20)(H,15,19). The van der Waals surface area contributed by atoms with Crippen LogP contribution < -0.4 is 16.8 Å². The molecule has 2 aromatic heterocycles. The van der Waals surface area contributed by atoms with Crippen LogP contribution in [-0.2, 0) is 17.8 Å². The van der Waals surface area contributed by atoms with Crippen molar-refractivity contribution in [2.75, 3.05) is 11.9 Å². The molecule has 0 fully saturated rings. The molecule has 0 saturated heterocycles. The number of hydrogen-bond donors (Lipinski definition) is 3. The number of rotatable bonds is 7. The zero-order valence-corrected chi connectivity index (χ0v) is 12.1. The van der Waals surface area contributed by atoms with Gasteiger partial charge in [-0.3, -0.25) is 9.59 Å². The second-order valence-electron chi connectivity index (χ2n) is 4.38. The molecule has 0 aliphatic rings. The van der Waals surface area contributed by atoms with Gasteiger partial charge in [-0.15, -0.1) is 16.4 Å². The smallest absolute Gasteiger partial charge is 0.251 e. The molecule has 5 N–H and O–H groups in total. The SMILES string of the molecule is NCCCc1cn(CC(=O)Nc2sccc2C(N)=O)nn1. The van der Waals surface area contributed by atoms with E-state index in [1.165, 1.54) is 16.0 Å². The number of hydrogen-bond acceptors (Lipinski definition) is 6. The summed E-state index contributed by atoms with van der Waals surface area (Å²) in [5, 5.41) is 12.6. The van der Waals surface area contributed by atoms with Crippen molar-refractivity contribution in [2.24, 2.45) is 11.5 Å². The molecule has 21 heavy (non-hydrogen) atoms. The van der Waals surface area contributed by atoms with Gasteiger partial charge in [0.05, 0.1) is 11.3 Å². The van der Waals surface area contributed by atoms with Crippen LogP contribution >= 0.6 is 11.3 Å². The first kappa shape index (κ1) is 15.1. The third-order valence-electron chi connectivity index (χ3n) is 2.71. The molecular weight excluding hydrogens is 292 g/mol. The number of primary amides is 1. The van der Waals surface area contributed by atoms with E-state index in [9.17, 15) is 9.59 Å². The lowest BCUT2D eigenvalue weighted by molar-refractivity contribution is -0.116. The van der Waals surface area contributed by atoms with Crippen molar-refractivity contribution in [3.8, 4) is 0 Å². The predicted octanol–water partition coefficient (Wildman–Crippen LogP) is -0.0315. The van der Waals surface area contributed by atoms with Crippen LogP contribution in [0.1, 0.15) is 22.5 Å². The summed E-state index contributed by atoms with van der Waals surface area (Å²) in [6.45, 7) is 0.605. The van der Waals surface area contributed by atoms with Gasteiger partial charge in [0.2, 0.25) is 5.91 Å². The van der Waals surface area contributed by atoms with Gasteiger partial charge in [-0.05, 0) is 30.8 Å². The summed E-state index contributed by atoms with van der Waals surface area (Å²) in [6, 6.07) is 1.57. The highest BCUT2D eigenvalue weighted by molar-refractivity contribution is 7.14. The fourth-order valence-electron chi connectivity index (χ4n) is 1.73.